The molecule has 0 atom stereocenters. The molecule has 7 heteroatoms. The Morgan fingerprint density at radius 3 is 2.45 bits per heavy atom. The normalized spacial score (nSPS) is 11.6. The zero-order valence-corrected chi connectivity index (χ0v) is 12.5. The van der Waals surface area contributed by atoms with Crippen molar-refractivity contribution < 1.29 is 17.9 Å². The Morgan fingerprint density at radius 1 is 1.40 bits per heavy atom. The van der Waals surface area contributed by atoms with Gasteiger partial charge < -0.3 is 10.1 Å². The summed E-state index contributed by atoms with van der Waals surface area (Å²) in [5, 5.41) is 11.5. The number of methoxy groups -OCH3 is 1. The predicted octanol–water partition coefficient (Wildman–Crippen LogP) is 1.33. The van der Waals surface area contributed by atoms with Crippen LogP contribution >= 0.6 is 0 Å². The van der Waals surface area contributed by atoms with Gasteiger partial charge in [-0.3, -0.25) is 4.79 Å². The minimum absolute atomic E-state index is 0.166. The summed E-state index contributed by atoms with van der Waals surface area (Å²) in [4.78, 5) is 12.2. The average molecular weight is 296 g/mol. The van der Waals surface area contributed by atoms with E-state index in [0.29, 0.717) is 5.75 Å². The number of para-hydroxylation sites is 1. The lowest BCUT2D eigenvalue weighted by Crippen LogP contribution is -2.44. The molecule has 0 bridgehead atoms. The number of anilines is 1. The number of carbonyl (C=O) groups is 1. The van der Waals surface area contributed by atoms with Crippen LogP contribution in [0.2, 0.25) is 0 Å². The van der Waals surface area contributed by atoms with Crippen LogP contribution in [0.4, 0.5) is 5.69 Å². The Balaban J connectivity index is 3.25. The second-order valence-corrected chi connectivity index (χ2v) is 7.30. The molecule has 1 rings (SSSR count). The molecule has 0 saturated heterocycles. The Morgan fingerprint density at radius 2 is 2.00 bits per heavy atom. The summed E-state index contributed by atoms with van der Waals surface area (Å²) in [6.45, 7) is 2.61. The number of ether oxygens (including phenoxy) is 1. The Labute approximate surface area is 118 Å². The van der Waals surface area contributed by atoms with Gasteiger partial charge in [-0.05, 0) is 26.0 Å². The second kappa shape index (κ2) is 5.51. The summed E-state index contributed by atoms with van der Waals surface area (Å²) >= 11 is 0. The molecule has 0 saturated carbocycles. The molecular weight excluding hydrogens is 280 g/mol. The van der Waals surface area contributed by atoms with Gasteiger partial charge in [0.15, 0.2) is 9.84 Å². The number of sulfone groups is 1. The fourth-order valence-electron chi connectivity index (χ4n) is 1.36. The third-order valence-electron chi connectivity index (χ3n) is 3.08. The lowest BCUT2D eigenvalue weighted by molar-refractivity contribution is -0.117. The number of hydrogen-bond acceptors (Lipinski definition) is 5. The van der Waals surface area contributed by atoms with E-state index in [1.54, 1.807) is 12.1 Å². The van der Waals surface area contributed by atoms with Gasteiger partial charge in [-0.1, -0.05) is 6.07 Å². The predicted molar refractivity (Wildman–Crippen MR) is 75.3 cm³/mol. The number of nitrogens with one attached hydrogen (secondary N) is 1. The minimum atomic E-state index is -3.60. The quantitative estimate of drug-likeness (QED) is 0.904. The van der Waals surface area contributed by atoms with Crippen LogP contribution in [-0.4, -0.2) is 32.4 Å². The first kappa shape index (κ1) is 16.0. The maximum Gasteiger partial charge on any atom is 0.245 e. The van der Waals surface area contributed by atoms with E-state index in [2.05, 4.69) is 5.32 Å². The molecule has 1 amide bonds. The van der Waals surface area contributed by atoms with E-state index in [1.807, 2.05) is 6.07 Å². The van der Waals surface area contributed by atoms with E-state index in [1.165, 1.54) is 27.0 Å². The molecule has 1 aromatic carbocycles. The molecule has 20 heavy (non-hydrogen) atoms. The van der Waals surface area contributed by atoms with Gasteiger partial charge in [-0.25, -0.2) is 8.42 Å². The fraction of sp³-hybridized carbons (Fsp3) is 0.385. The molecule has 0 spiro atoms. The summed E-state index contributed by atoms with van der Waals surface area (Å²) in [5.41, 5.74) is 0.362. The van der Waals surface area contributed by atoms with Crippen LogP contribution < -0.4 is 10.1 Å². The summed E-state index contributed by atoms with van der Waals surface area (Å²) in [5.74, 6) is -0.428. The molecule has 0 heterocycles. The summed E-state index contributed by atoms with van der Waals surface area (Å²) in [7, 11) is -2.20. The zero-order chi connectivity index (χ0) is 15.6. The maximum atomic E-state index is 12.2. The first-order valence-electron chi connectivity index (χ1n) is 5.73. The van der Waals surface area contributed by atoms with Crippen molar-refractivity contribution in [1.82, 2.24) is 0 Å². The van der Waals surface area contributed by atoms with Gasteiger partial charge in [0, 0.05) is 6.26 Å². The number of nitriles is 1. The van der Waals surface area contributed by atoms with E-state index < -0.39 is 20.5 Å². The Kier molecular flexibility index (Phi) is 4.40. The standard InChI is InChI=1S/C13H16N2O4S/c1-13(2,20(4,17)18)12(16)15-11-9(8-14)6-5-7-10(11)19-3/h5-7H,1-4H3,(H,15,16). The molecule has 0 unspecified atom stereocenters. The molecule has 6 nitrogen and oxygen atoms in total. The van der Waals surface area contributed by atoms with Gasteiger partial charge >= 0.3 is 0 Å². The SMILES string of the molecule is COc1cccc(C#N)c1NC(=O)C(C)(C)S(C)(=O)=O. The van der Waals surface area contributed by atoms with Crippen molar-refractivity contribution in [2.75, 3.05) is 18.7 Å². The second-order valence-electron chi connectivity index (χ2n) is 4.73. The largest absolute Gasteiger partial charge is 0.495 e. The van der Waals surface area contributed by atoms with Crippen molar-refractivity contribution >= 4 is 21.4 Å². The van der Waals surface area contributed by atoms with E-state index in [4.69, 9.17) is 10.00 Å². The third-order valence-corrected chi connectivity index (χ3v) is 5.12. The van der Waals surface area contributed by atoms with Crippen molar-refractivity contribution in [2.45, 2.75) is 18.6 Å². The molecular formula is C13H16N2O4S. The van der Waals surface area contributed by atoms with Gasteiger partial charge in [0.1, 0.15) is 22.3 Å². The first-order valence-corrected chi connectivity index (χ1v) is 7.62. The average Bonchev–Trinajstić information content (AvgIpc) is 2.37. The first-order chi connectivity index (χ1) is 9.15. The van der Waals surface area contributed by atoms with Crippen LogP contribution in [0.5, 0.6) is 5.75 Å². The molecule has 108 valence electrons. The van der Waals surface area contributed by atoms with E-state index >= 15 is 0 Å². The van der Waals surface area contributed by atoms with Gasteiger partial charge in [0.05, 0.1) is 12.7 Å². The van der Waals surface area contributed by atoms with Crippen LogP contribution in [0.3, 0.4) is 0 Å². The highest BCUT2D eigenvalue weighted by molar-refractivity contribution is 7.92. The lowest BCUT2D eigenvalue weighted by atomic mass is 10.1. The summed E-state index contributed by atoms with van der Waals surface area (Å²) in [6, 6.07) is 6.61. The van der Waals surface area contributed by atoms with Crippen LogP contribution in [0.25, 0.3) is 0 Å². The van der Waals surface area contributed by atoms with Crippen molar-refractivity contribution in [1.29, 1.82) is 5.26 Å². The van der Waals surface area contributed by atoms with Gasteiger partial charge in [-0.15, -0.1) is 0 Å². The Bertz CT molecular complexity index is 672. The van der Waals surface area contributed by atoms with Crippen molar-refractivity contribution in [3.63, 3.8) is 0 Å². The van der Waals surface area contributed by atoms with E-state index in [-0.39, 0.29) is 11.3 Å². The van der Waals surface area contributed by atoms with E-state index in [9.17, 15) is 13.2 Å². The van der Waals surface area contributed by atoms with Crippen LogP contribution in [0.1, 0.15) is 19.4 Å². The topological polar surface area (TPSA) is 96.3 Å². The number of carbonyl (C=O) groups excluding carboxylic acids is 1. The number of amides is 1. The van der Waals surface area contributed by atoms with Gasteiger partial charge in [-0.2, -0.15) is 5.26 Å². The highest BCUT2D eigenvalue weighted by atomic mass is 32.2. The lowest BCUT2D eigenvalue weighted by Gasteiger charge is -2.22. The smallest absolute Gasteiger partial charge is 0.245 e. The summed E-state index contributed by atoms with van der Waals surface area (Å²) < 4.78 is 26.7. The molecule has 0 fully saturated rings. The molecule has 1 aromatic rings. The van der Waals surface area contributed by atoms with Gasteiger partial charge in [0.2, 0.25) is 5.91 Å². The fourth-order valence-corrected chi connectivity index (χ4v) is 1.74. The molecule has 1 N–H and O–H groups in total. The van der Waals surface area contributed by atoms with Crippen molar-refractivity contribution in [3.05, 3.63) is 23.8 Å². The third kappa shape index (κ3) is 2.91. The molecule has 0 aromatic heterocycles. The van der Waals surface area contributed by atoms with Crippen molar-refractivity contribution in [3.8, 4) is 11.8 Å². The monoisotopic (exact) mass is 296 g/mol. The van der Waals surface area contributed by atoms with Crippen LogP contribution in [0.15, 0.2) is 18.2 Å². The van der Waals surface area contributed by atoms with Crippen LogP contribution in [0, 0.1) is 11.3 Å². The summed E-state index contributed by atoms with van der Waals surface area (Å²) in [6.07, 6.45) is 0.986. The van der Waals surface area contributed by atoms with E-state index in [0.717, 1.165) is 6.26 Å². The molecule has 0 radical (unpaired) electrons. The molecule has 0 aliphatic carbocycles. The highest BCUT2D eigenvalue weighted by Crippen LogP contribution is 2.29. The maximum absolute atomic E-state index is 12.2. The minimum Gasteiger partial charge on any atom is -0.495 e. The molecule has 0 aliphatic rings. The number of nitrogens with zero attached hydrogens (tertiary/aromatic N) is 1. The molecule has 0 aliphatic heterocycles. The number of rotatable bonds is 4. The van der Waals surface area contributed by atoms with Crippen LogP contribution in [-0.2, 0) is 14.6 Å². The number of hydrogen-bond donors (Lipinski definition) is 1. The van der Waals surface area contributed by atoms with Gasteiger partial charge in [0.25, 0.3) is 0 Å². The van der Waals surface area contributed by atoms with Crippen molar-refractivity contribution in [2.24, 2.45) is 0 Å². The highest BCUT2D eigenvalue weighted by Gasteiger charge is 2.39. The Hall–Kier alpha value is -2.07. The number of benzene rings is 1. The zero-order valence-electron chi connectivity index (χ0n) is 11.7.